The van der Waals surface area contributed by atoms with Gasteiger partial charge in [0, 0.05) is 37.6 Å². The Morgan fingerprint density at radius 1 is 1.31 bits per heavy atom. The predicted octanol–water partition coefficient (Wildman–Crippen LogP) is 1.68. The van der Waals surface area contributed by atoms with Crippen LogP contribution in [0.4, 0.5) is 0 Å². The highest BCUT2D eigenvalue weighted by atomic mass is 32.1. The fraction of sp³-hybridized carbons (Fsp3) is 0.333. The quantitative estimate of drug-likeness (QED) is 0.760. The van der Waals surface area contributed by atoms with Crippen molar-refractivity contribution in [3.05, 3.63) is 47.4 Å². The molecule has 0 radical (unpaired) electrons. The summed E-state index contributed by atoms with van der Waals surface area (Å²) >= 11 is 1.31. The zero-order valence-corrected chi connectivity index (χ0v) is 15.4. The molecule has 3 aromatic rings. The molecule has 26 heavy (non-hydrogen) atoms. The molecule has 0 unspecified atom stereocenters. The number of nitrogens with two attached hydrogens (primary N) is 1. The number of primary amides is 1. The lowest BCUT2D eigenvalue weighted by atomic mass is 9.90. The van der Waals surface area contributed by atoms with Crippen molar-refractivity contribution in [1.29, 1.82) is 0 Å². The van der Waals surface area contributed by atoms with Crippen LogP contribution < -0.4 is 5.73 Å². The molecular weight excluding hydrogens is 350 g/mol. The van der Waals surface area contributed by atoms with Crippen LogP contribution in [-0.2, 0) is 11.8 Å². The Labute approximate surface area is 154 Å². The molecule has 2 N–H and O–H groups in total. The summed E-state index contributed by atoms with van der Waals surface area (Å²) < 4.78 is 7.04. The van der Waals surface area contributed by atoms with Gasteiger partial charge in [0.1, 0.15) is 5.69 Å². The number of carbonyl (C=O) groups is 2. The minimum atomic E-state index is -0.421. The molecule has 7 nitrogen and oxygen atoms in total. The summed E-state index contributed by atoms with van der Waals surface area (Å²) in [6.45, 7) is 2.73. The van der Waals surface area contributed by atoms with Gasteiger partial charge < -0.3 is 10.6 Å². The molecule has 1 aromatic carbocycles. The van der Waals surface area contributed by atoms with Crippen LogP contribution in [0.2, 0.25) is 0 Å². The van der Waals surface area contributed by atoms with E-state index in [2.05, 4.69) is 9.47 Å². The lowest BCUT2D eigenvalue weighted by Gasteiger charge is -2.15. The van der Waals surface area contributed by atoms with Gasteiger partial charge in [-0.25, -0.2) is 0 Å². The fourth-order valence-corrected chi connectivity index (χ4v) is 4.33. The van der Waals surface area contributed by atoms with Crippen molar-refractivity contribution in [1.82, 2.24) is 19.1 Å². The van der Waals surface area contributed by atoms with Crippen molar-refractivity contribution < 1.29 is 9.59 Å². The van der Waals surface area contributed by atoms with E-state index in [-0.39, 0.29) is 11.8 Å². The molecule has 0 spiro atoms. The molecule has 4 rings (SSSR count). The van der Waals surface area contributed by atoms with Crippen molar-refractivity contribution >= 4 is 33.4 Å². The van der Waals surface area contributed by atoms with E-state index in [1.165, 1.54) is 11.5 Å². The Balaban J connectivity index is 1.66. The number of fused-ring (bicyclic) bond motifs is 1. The molecule has 2 atom stereocenters. The van der Waals surface area contributed by atoms with Crippen LogP contribution in [0.3, 0.4) is 0 Å². The van der Waals surface area contributed by atoms with Gasteiger partial charge in [-0.1, -0.05) is 11.6 Å². The average molecular weight is 369 g/mol. The normalized spacial score (nSPS) is 20.0. The van der Waals surface area contributed by atoms with Crippen LogP contribution >= 0.6 is 11.5 Å². The number of rotatable bonds is 3. The van der Waals surface area contributed by atoms with Gasteiger partial charge in [-0.05, 0) is 36.2 Å². The summed E-state index contributed by atoms with van der Waals surface area (Å²) in [6.07, 6.45) is 3.60. The highest BCUT2D eigenvalue weighted by Gasteiger charge is 2.40. The van der Waals surface area contributed by atoms with Crippen molar-refractivity contribution in [3.8, 4) is 0 Å². The first-order valence-corrected chi connectivity index (χ1v) is 9.14. The highest BCUT2D eigenvalue weighted by molar-refractivity contribution is 7.13. The van der Waals surface area contributed by atoms with E-state index in [1.54, 1.807) is 15.8 Å². The molecule has 1 aliphatic heterocycles. The van der Waals surface area contributed by atoms with Gasteiger partial charge in [0.25, 0.3) is 5.91 Å². The number of likely N-dealkylation sites (tertiary alicyclic amines) is 1. The number of amides is 2. The smallest absolute Gasteiger partial charge is 0.274 e. The first kappa shape index (κ1) is 16.7. The number of benzene rings is 1. The Morgan fingerprint density at radius 2 is 2.12 bits per heavy atom. The summed E-state index contributed by atoms with van der Waals surface area (Å²) in [4.78, 5) is 26.7. The third-order valence-electron chi connectivity index (χ3n) is 4.95. The van der Waals surface area contributed by atoms with Crippen LogP contribution in [-0.4, -0.2) is 44.0 Å². The molecule has 0 saturated carbocycles. The van der Waals surface area contributed by atoms with Crippen LogP contribution in [0.1, 0.15) is 27.5 Å². The van der Waals surface area contributed by atoms with Gasteiger partial charge in [0.2, 0.25) is 5.91 Å². The SMILES string of the molecule is Cc1ccc2snc(C(=O)N3C[C@H](C(N)=O)[C@@H](c4cnn(C)c4)C3)c2c1. The number of carbonyl (C=O) groups excluding carboxylic acids is 2. The van der Waals surface area contributed by atoms with Crippen LogP contribution in [0, 0.1) is 12.8 Å². The molecule has 0 bridgehead atoms. The van der Waals surface area contributed by atoms with Crippen LogP contribution in [0.5, 0.6) is 0 Å². The molecule has 1 aliphatic rings. The number of hydrogen-bond donors (Lipinski definition) is 1. The van der Waals surface area contributed by atoms with E-state index in [1.807, 2.05) is 38.4 Å². The fourth-order valence-electron chi connectivity index (χ4n) is 3.58. The van der Waals surface area contributed by atoms with Gasteiger partial charge in [0.05, 0.1) is 16.8 Å². The van der Waals surface area contributed by atoms with Crippen molar-refractivity contribution in [2.24, 2.45) is 18.7 Å². The maximum Gasteiger partial charge on any atom is 0.274 e. The van der Waals surface area contributed by atoms with E-state index in [0.717, 1.165) is 21.2 Å². The summed E-state index contributed by atoms with van der Waals surface area (Å²) in [5.41, 5.74) is 8.06. The minimum absolute atomic E-state index is 0.142. The largest absolute Gasteiger partial charge is 0.369 e. The van der Waals surface area contributed by atoms with Gasteiger partial charge in [-0.3, -0.25) is 14.3 Å². The summed E-state index contributed by atoms with van der Waals surface area (Å²) in [7, 11) is 1.82. The molecule has 134 valence electrons. The van der Waals surface area contributed by atoms with Crippen molar-refractivity contribution in [2.75, 3.05) is 13.1 Å². The van der Waals surface area contributed by atoms with Gasteiger partial charge in [-0.15, -0.1) is 0 Å². The number of aromatic nitrogens is 3. The molecule has 8 heteroatoms. The Bertz CT molecular complexity index is 1010. The molecule has 0 aliphatic carbocycles. The van der Waals surface area contributed by atoms with E-state index >= 15 is 0 Å². The van der Waals surface area contributed by atoms with Crippen LogP contribution in [0.15, 0.2) is 30.6 Å². The molecule has 3 heterocycles. The topological polar surface area (TPSA) is 94.1 Å². The molecule has 1 saturated heterocycles. The third kappa shape index (κ3) is 2.76. The monoisotopic (exact) mass is 369 g/mol. The minimum Gasteiger partial charge on any atom is -0.369 e. The number of nitrogens with zero attached hydrogens (tertiary/aromatic N) is 4. The lowest BCUT2D eigenvalue weighted by Crippen LogP contribution is -2.32. The molecule has 2 aromatic heterocycles. The standard InChI is InChI=1S/C18H19N5O2S/c1-10-3-4-15-12(5-10)16(21-26-15)18(25)23-8-13(14(9-23)17(19)24)11-6-20-22(2)7-11/h3-7,13-14H,8-9H2,1-2H3,(H2,19,24)/t13-,14+/m1/s1. The zero-order chi connectivity index (χ0) is 18.4. The average Bonchev–Trinajstić information content (AvgIpc) is 3.30. The second-order valence-electron chi connectivity index (χ2n) is 6.80. The van der Waals surface area contributed by atoms with E-state index in [4.69, 9.17) is 5.73 Å². The second-order valence-corrected chi connectivity index (χ2v) is 7.61. The maximum atomic E-state index is 13.1. The third-order valence-corrected chi connectivity index (χ3v) is 5.78. The highest BCUT2D eigenvalue weighted by Crippen LogP contribution is 2.34. The second kappa shape index (κ2) is 6.21. The summed E-state index contributed by atoms with van der Waals surface area (Å²) in [6, 6.07) is 5.96. The number of hydrogen-bond acceptors (Lipinski definition) is 5. The van der Waals surface area contributed by atoms with Gasteiger partial charge >= 0.3 is 0 Å². The Kier molecular flexibility index (Phi) is 3.99. The predicted molar refractivity (Wildman–Crippen MR) is 98.9 cm³/mol. The lowest BCUT2D eigenvalue weighted by molar-refractivity contribution is -0.121. The zero-order valence-electron chi connectivity index (χ0n) is 14.5. The molecule has 2 amide bonds. The summed E-state index contributed by atoms with van der Waals surface area (Å²) in [5, 5.41) is 5.04. The Hall–Kier alpha value is -2.74. The molecule has 1 fully saturated rings. The maximum absolute atomic E-state index is 13.1. The van der Waals surface area contributed by atoms with Crippen molar-refractivity contribution in [3.63, 3.8) is 0 Å². The van der Waals surface area contributed by atoms with Crippen molar-refractivity contribution in [2.45, 2.75) is 12.8 Å². The van der Waals surface area contributed by atoms with Gasteiger partial charge in [0.15, 0.2) is 0 Å². The van der Waals surface area contributed by atoms with E-state index < -0.39 is 11.8 Å². The number of aryl methyl sites for hydroxylation is 2. The van der Waals surface area contributed by atoms with Crippen LogP contribution in [0.25, 0.3) is 10.1 Å². The first-order valence-electron chi connectivity index (χ1n) is 8.37. The van der Waals surface area contributed by atoms with Gasteiger partial charge in [-0.2, -0.15) is 9.47 Å². The first-order chi connectivity index (χ1) is 12.4. The Morgan fingerprint density at radius 3 is 2.81 bits per heavy atom. The summed E-state index contributed by atoms with van der Waals surface area (Å²) in [5.74, 6) is -1.11. The van der Waals surface area contributed by atoms with E-state index in [0.29, 0.717) is 18.8 Å². The van der Waals surface area contributed by atoms with E-state index in [9.17, 15) is 9.59 Å². The molecular formula is C18H19N5O2S.